The van der Waals surface area contributed by atoms with Gasteiger partial charge in [0.25, 0.3) is 0 Å². The van der Waals surface area contributed by atoms with Crippen molar-refractivity contribution >= 4 is 28.6 Å². The number of hydrogen-bond donors (Lipinski definition) is 1. The third-order valence-electron chi connectivity index (χ3n) is 6.42. The first-order valence-corrected chi connectivity index (χ1v) is 10.8. The number of hydrogen-bond acceptors (Lipinski definition) is 7. The number of pyridine rings is 1. The minimum Gasteiger partial charge on any atom is -0.381 e. The van der Waals surface area contributed by atoms with Gasteiger partial charge in [0.15, 0.2) is 0 Å². The maximum Gasteiger partial charge on any atom is 0.227 e. The summed E-state index contributed by atoms with van der Waals surface area (Å²) in [6.07, 6.45) is 8.46. The van der Waals surface area contributed by atoms with Crippen LogP contribution in [0.25, 0.3) is 11.0 Å². The molecule has 5 rings (SSSR count). The number of rotatable bonds is 5. The van der Waals surface area contributed by atoms with E-state index in [0.717, 1.165) is 47.3 Å². The van der Waals surface area contributed by atoms with Gasteiger partial charge in [-0.2, -0.15) is 4.98 Å². The summed E-state index contributed by atoms with van der Waals surface area (Å²) in [5, 5.41) is 3.37. The fourth-order valence-electron chi connectivity index (χ4n) is 5.16. The van der Waals surface area contributed by atoms with Crippen LogP contribution in [0.3, 0.4) is 0 Å². The molecule has 0 aromatic carbocycles. The second kappa shape index (κ2) is 7.50. The smallest absolute Gasteiger partial charge is 0.227 e. The lowest BCUT2D eigenvalue weighted by atomic mass is 10.0. The molecule has 3 aromatic rings. The van der Waals surface area contributed by atoms with Gasteiger partial charge >= 0.3 is 0 Å². The molecule has 2 bridgehead atoms. The molecule has 30 heavy (non-hydrogen) atoms. The molecule has 2 aliphatic heterocycles. The Labute approximate surface area is 176 Å². The lowest BCUT2D eigenvalue weighted by Crippen LogP contribution is -2.46. The van der Waals surface area contributed by atoms with E-state index in [9.17, 15) is 0 Å². The zero-order valence-electron chi connectivity index (χ0n) is 18.0. The number of nitrogens with one attached hydrogen (secondary N) is 1. The topological polar surface area (TPSA) is 81.0 Å². The average Bonchev–Trinajstić information content (AvgIpc) is 3.20. The van der Waals surface area contributed by atoms with Crippen molar-refractivity contribution in [3.63, 3.8) is 0 Å². The highest BCUT2D eigenvalue weighted by molar-refractivity contribution is 5.79. The first-order chi connectivity index (χ1) is 14.5. The van der Waals surface area contributed by atoms with Gasteiger partial charge in [0.1, 0.15) is 23.0 Å². The van der Waals surface area contributed by atoms with E-state index in [1.807, 2.05) is 38.6 Å². The Kier molecular flexibility index (Phi) is 4.81. The summed E-state index contributed by atoms with van der Waals surface area (Å²) in [7, 11) is 1.82. The van der Waals surface area contributed by atoms with Crippen LogP contribution in [0.4, 0.5) is 17.6 Å². The van der Waals surface area contributed by atoms with Crippen molar-refractivity contribution in [2.45, 2.75) is 70.7 Å². The SMILES string of the molecule is CO[C@H]1CC2CC[C@@H](C1)N2c1nccc(Nc2cc3c(cn2)nc(C)n3C(C)C)n1. The van der Waals surface area contributed by atoms with E-state index >= 15 is 0 Å². The number of aromatic nitrogens is 5. The maximum atomic E-state index is 5.63. The van der Waals surface area contributed by atoms with E-state index in [-0.39, 0.29) is 0 Å². The lowest BCUT2D eigenvalue weighted by molar-refractivity contribution is 0.0680. The summed E-state index contributed by atoms with van der Waals surface area (Å²) in [4.78, 5) is 21.0. The number of nitrogens with zero attached hydrogens (tertiary/aromatic N) is 6. The van der Waals surface area contributed by atoms with E-state index in [1.165, 1.54) is 12.8 Å². The Hall–Kier alpha value is -2.74. The lowest BCUT2D eigenvalue weighted by Gasteiger charge is -2.38. The minimum absolute atomic E-state index is 0.335. The molecule has 2 aliphatic rings. The van der Waals surface area contributed by atoms with Crippen molar-refractivity contribution < 1.29 is 4.74 Å². The molecule has 8 nitrogen and oxygen atoms in total. The van der Waals surface area contributed by atoms with Crippen LogP contribution in [0.15, 0.2) is 24.5 Å². The van der Waals surface area contributed by atoms with E-state index in [4.69, 9.17) is 9.72 Å². The predicted molar refractivity (Wildman–Crippen MR) is 117 cm³/mol. The van der Waals surface area contributed by atoms with Gasteiger partial charge < -0.3 is 19.5 Å². The summed E-state index contributed by atoms with van der Waals surface area (Å²) in [5.41, 5.74) is 1.99. The molecule has 2 saturated heterocycles. The summed E-state index contributed by atoms with van der Waals surface area (Å²) in [5.74, 6) is 3.31. The predicted octanol–water partition coefficient (Wildman–Crippen LogP) is 4.00. The van der Waals surface area contributed by atoms with Crippen molar-refractivity contribution in [2.75, 3.05) is 17.3 Å². The van der Waals surface area contributed by atoms with Crippen molar-refractivity contribution in [2.24, 2.45) is 0 Å². The average molecular weight is 408 g/mol. The number of methoxy groups -OCH3 is 1. The second-order valence-electron chi connectivity index (χ2n) is 8.67. The van der Waals surface area contributed by atoms with Gasteiger partial charge in [-0.05, 0) is 52.5 Å². The first kappa shape index (κ1) is 19.2. The third-order valence-corrected chi connectivity index (χ3v) is 6.42. The Morgan fingerprint density at radius 3 is 2.57 bits per heavy atom. The molecular weight excluding hydrogens is 378 g/mol. The number of imidazole rings is 1. The van der Waals surface area contributed by atoms with Crippen LogP contribution in [0, 0.1) is 6.92 Å². The molecule has 0 radical (unpaired) electrons. The van der Waals surface area contributed by atoms with Crippen molar-refractivity contribution in [1.82, 2.24) is 24.5 Å². The summed E-state index contributed by atoms with van der Waals surface area (Å²) >= 11 is 0. The number of fused-ring (bicyclic) bond motifs is 3. The molecule has 0 aliphatic carbocycles. The van der Waals surface area contributed by atoms with Gasteiger partial charge in [-0.25, -0.2) is 15.0 Å². The van der Waals surface area contributed by atoms with Crippen LogP contribution >= 0.6 is 0 Å². The zero-order chi connectivity index (χ0) is 20.8. The minimum atomic E-state index is 0.335. The van der Waals surface area contributed by atoms with Gasteiger partial charge in [0.05, 0.1) is 17.8 Å². The molecule has 3 aromatic heterocycles. The largest absolute Gasteiger partial charge is 0.381 e. The molecule has 1 unspecified atom stereocenters. The van der Waals surface area contributed by atoms with E-state index in [1.54, 1.807) is 0 Å². The van der Waals surface area contributed by atoms with Crippen LogP contribution in [-0.2, 0) is 4.74 Å². The normalized spacial score (nSPS) is 23.5. The fourth-order valence-corrected chi connectivity index (χ4v) is 5.16. The molecule has 0 saturated carbocycles. The number of anilines is 3. The van der Waals surface area contributed by atoms with Crippen LogP contribution in [0.5, 0.6) is 0 Å². The molecule has 2 fully saturated rings. The Bertz CT molecular complexity index is 1050. The van der Waals surface area contributed by atoms with Crippen LogP contribution < -0.4 is 10.2 Å². The quantitative estimate of drug-likeness (QED) is 0.684. The van der Waals surface area contributed by atoms with Crippen LogP contribution in [0.1, 0.15) is 51.4 Å². The molecular formula is C22H29N7O. The van der Waals surface area contributed by atoms with Gasteiger partial charge in [0, 0.05) is 37.5 Å². The monoisotopic (exact) mass is 407 g/mol. The molecule has 0 spiro atoms. The highest BCUT2D eigenvalue weighted by atomic mass is 16.5. The Balaban J connectivity index is 1.41. The molecule has 158 valence electrons. The molecule has 8 heteroatoms. The second-order valence-corrected chi connectivity index (χ2v) is 8.67. The number of ether oxygens (including phenoxy) is 1. The van der Waals surface area contributed by atoms with Crippen molar-refractivity contribution in [3.8, 4) is 0 Å². The number of aryl methyl sites for hydroxylation is 1. The molecule has 0 amide bonds. The van der Waals surface area contributed by atoms with Crippen molar-refractivity contribution in [1.29, 1.82) is 0 Å². The highest BCUT2D eigenvalue weighted by Crippen LogP contribution is 2.39. The Morgan fingerprint density at radius 2 is 1.87 bits per heavy atom. The summed E-state index contributed by atoms with van der Waals surface area (Å²) < 4.78 is 7.85. The van der Waals surface area contributed by atoms with Gasteiger partial charge in [-0.15, -0.1) is 0 Å². The molecule has 3 atom stereocenters. The third kappa shape index (κ3) is 3.29. The van der Waals surface area contributed by atoms with Crippen LogP contribution in [-0.4, -0.2) is 49.8 Å². The van der Waals surface area contributed by atoms with Gasteiger partial charge in [-0.1, -0.05) is 0 Å². The molecule has 1 N–H and O–H groups in total. The summed E-state index contributed by atoms with van der Waals surface area (Å²) in [6.45, 7) is 6.36. The van der Waals surface area contributed by atoms with E-state index in [2.05, 4.69) is 43.6 Å². The van der Waals surface area contributed by atoms with Gasteiger partial charge in [-0.3, -0.25) is 0 Å². The Morgan fingerprint density at radius 1 is 1.10 bits per heavy atom. The summed E-state index contributed by atoms with van der Waals surface area (Å²) in [6, 6.07) is 5.19. The van der Waals surface area contributed by atoms with Gasteiger partial charge in [0.2, 0.25) is 5.95 Å². The highest BCUT2D eigenvalue weighted by Gasteiger charge is 2.42. The zero-order valence-corrected chi connectivity index (χ0v) is 18.0. The van der Waals surface area contributed by atoms with E-state index < -0.39 is 0 Å². The van der Waals surface area contributed by atoms with Crippen molar-refractivity contribution in [3.05, 3.63) is 30.4 Å². The standard InChI is InChI=1S/C22H29N7O/c1-13(2)28-14(3)25-18-12-24-21(11-19(18)28)26-20-7-8-23-22(27-20)29-15-5-6-16(29)10-17(9-15)30-4/h7-8,11-13,15-17H,5-6,9-10H2,1-4H3,(H,23,24,26,27)/t15-,16?,17+/m0/s1. The molecule has 5 heterocycles. The van der Waals surface area contributed by atoms with Crippen LogP contribution in [0.2, 0.25) is 0 Å². The fraction of sp³-hybridized carbons (Fsp3) is 0.545. The number of piperidine rings is 1. The first-order valence-electron chi connectivity index (χ1n) is 10.8. The maximum absolute atomic E-state index is 5.63. The van der Waals surface area contributed by atoms with E-state index in [0.29, 0.717) is 24.2 Å².